The number of carbonyl (C=O) groups excluding carboxylic acids is 2. The summed E-state index contributed by atoms with van der Waals surface area (Å²) in [6.45, 7) is 1.48. The summed E-state index contributed by atoms with van der Waals surface area (Å²) in [6, 6.07) is 11.7. The molecular formula is C24H16F4N2O4. The van der Waals surface area contributed by atoms with Crippen LogP contribution in [0.4, 0.5) is 23.2 Å². The molecule has 4 rings (SSSR count). The van der Waals surface area contributed by atoms with Crippen LogP contribution in [0.25, 0.3) is 5.76 Å². The van der Waals surface area contributed by atoms with E-state index in [-0.39, 0.29) is 28.1 Å². The van der Waals surface area contributed by atoms with Crippen LogP contribution < -0.4 is 9.64 Å². The molecule has 174 valence electrons. The summed E-state index contributed by atoms with van der Waals surface area (Å²) < 4.78 is 55.1. The molecule has 1 N–H and O–H groups in total. The minimum absolute atomic E-state index is 0.0848. The number of halogens is 4. The van der Waals surface area contributed by atoms with Gasteiger partial charge < -0.3 is 9.84 Å². The van der Waals surface area contributed by atoms with Gasteiger partial charge in [0.1, 0.15) is 23.4 Å². The molecule has 6 nitrogen and oxygen atoms in total. The molecule has 3 aromatic rings. The molecule has 2 aromatic carbocycles. The summed E-state index contributed by atoms with van der Waals surface area (Å²) in [4.78, 5) is 31.2. The molecule has 0 spiro atoms. The highest BCUT2D eigenvalue weighted by atomic mass is 19.4. The van der Waals surface area contributed by atoms with Gasteiger partial charge in [0.25, 0.3) is 11.7 Å². The zero-order valence-electron chi connectivity index (χ0n) is 17.5. The monoisotopic (exact) mass is 472 g/mol. The fourth-order valence-corrected chi connectivity index (χ4v) is 3.67. The second-order valence-corrected chi connectivity index (χ2v) is 7.43. The summed E-state index contributed by atoms with van der Waals surface area (Å²) in [7, 11) is 0. The summed E-state index contributed by atoms with van der Waals surface area (Å²) >= 11 is 0. The molecule has 1 aliphatic heterocycles. The highest BCUT2D eigenvalue weighted by molar-refractivity contribution is 6.51. The fourth-order valence-electron chi connectivity index (χ4n) is 3.67. The molecule has 1 amide bonds. The first kappa shape index (κ1) is 23.0. The maximum Gasteiger partial charge on any atom is 0.573 e. The molecular weight excluding hydrogens is 456 g/mol. The van der Waals surface area contributed by atoms with Crippen LogP contribution in [-0.2, 0) is 9.59 Å². The molecule has 0 aliphatic carbocycles. The van der Waals surface area contributed by atoms with Crippen molar-refractivity contribution < 1.29 is 37.0 Å². The highest BCUT2D eigenvalue weighted by Gasteiger charge is 2.47. The van der Waals surface area contributed by atoms with Crippen molar-refractivity contribution in [3.8, 4) is 5.75 Å². The van der Waals surface area contributed by atoms with E-state index < -0.39 is 41.4 Å². The van der Waals surface area contributed by atoms with E-state index in [0.29, 0.717) is 0 Å². The van der Waals surface area contributed by atoms with Crippen molar-refractivity contribution >= 4 is 23.1 Å². The van der Waals surface area contributed by atoms with Crippen molar-refractivity contribution in [2.75, 3.05) is 4.90 Å². The number of alkyl halides is 3. The lowest BCUT2D eigenvalue weighted by Crippen LogP contribution is -2.29. The minimum Gasteiger partial charge on any atom is -0.507 e. The molecule has 1 aromatic heterocycles. The smallest absolute Gasteiger partial charge is 0.507 e. The van der Waals surface area contributed by atoms with Crippen LogP contribution in [-0.4, -0.2) is 28.1 Å². The van der Waals surface area contributed by atoms with Crippen molar-refractivity contribution in [3.05, 3.63) is 95.1 Å². The second kappa shape index (κ2) is 8.62. The number of hydrogen-bond acceptors (Lipinski definition) is 5. The quantitative estimate of drug-likeness (QED) is 0.249. The molecule has 0 saturated carbocycles. The normalized spacial score (nSPS) is 17.8. The first-order valence-corrected chi connectivity index (χ1v) is 9.91. The zero-order chi connectivity index (χ0) is 24.6. The van der Waals surface area contributed by atoms with Gasteiger partial charge in [-0.15, -0.1) is 13.2 Å². The number of hydrogen-bond donors (Lipinski definition) is 1. The van der Waals surface area contributed by atoms with E-state index in [1.54, 1.807) is 12.1 Å². The Balaban J connectivity index is 1.85. The van der Waals surface area contributed by atoms with E-state index in [2.05, 4.69) is 9.72 Å². The summed E-state index contributed by atoms with van der Waals surface area (Å²) in [6.07, 6.45) is -3.47. The number of aliphatic hydroxyl groups is 1. The Bertz CT molecular complexity index is 1290. The lowest BCUT2D eigenvalue weighted by molar-refractivity contribution is -0.274. The van der Waals surface area contributed by atoms with Gasteiger partial charge in [0, 0.05) is 17.4 Å². The third-order valence-corrected chi connectivity index (χ3v) is 5.19. The van der Waals surface area contributed by atoms with E-state index in [1.165, 1.54) is 43.5 Å². The van der Waals surface area contributed by atoms with Crippen LogP contribution >= 0.6 is 0 Å². The average Bonchev–Trinajstić information content (AvgIpc) is 3.06. The lowest BCUT2D eigenvalue weighted by atomic mass is 9.97. The Labute approximate surface area is 190 Å². The summed E-state index contributed by atoms with van der Waals surface area (Å²) in [5.74, 6) is -3.59. The number of carbonyl (C=O) groups is 2. The first-order chi connectivity index (χ1) is 16.1. The van der Waals surface area contributed by atoms with E-state index in [0.717, 1.165) is 23.1 Å². The third kappa shape index (κ3) is 4.34. The second-order valence-electron chi connectivity index (χ2n) is 7.43. The Morgan fingerprint density at radius 3 is 2.35 bits per heavy atom. The standard InChI is InChI=1S/C24H16F4N2O4/c1-13-12-14(5-10-17(13)25)21(31)19-20(18-4-2-3-11-29-18)30(23(33)22(19)32)15-6-8-16(9-7-15)34-24(26,27)28/h2-12,20,31H,1H3/b21-19-. The third-order valence-electron chi connectivity index (χ3n) is 5.19. The number of ether oxygens (including phenoxy) is 1. The number of benzene rings is 2. The van der Waals surface area contributed by atoms with Gasteiger partial charge in [0.05, 0.1) is 11.3 Å². The number of aryl methyl sites for hydroxylation is 1. The number of nitrogens with zero attached hydrogens (tertiary/aromatic N) is 2. The van der Waals surface area contributed by atoms with Crippen LogP contribution in [0.5, 0.6) is 5.75 Å². The minimum atomic E-state index is -4.90. The van der Waals surface area contributed by atoms with E-state index in [1.807, 2.05) is 0 Å². The van der Waals surface area contributed by atoms with Crippen LogP contribution in [0, 0.1) is 12.7 Å². The number of pyridine rings is 1. The molecule has 34 heavy (non-hydrogen) atoms. The maximum atomic E-state index is 13.7. The number of aliphatic hydroxyl groups excluding tert-OH is 1. The van der Waals surface area contributed by atoms with Crippen molar-refractivity contribution in [3.63, 3.8) is 0 Å². The summed E-state index contributed by atoms with van der Waals surface area (Å²) in [5, 5.41) is 11.0. The topological polar surface area (TPSA) is 79.7 Å². The molecule has 1 saturated heterocycles. The number of Topliss-reactive ketones (excluding diaryl/α,β-unsaturated/α-hetero) is 1. The van der Waals surface area contributed by atoms with Gasteiger partial charge in [-0.3, -0.25) is 19.5 Å². The Kier molecular flexibility index (Phi) is 5.82. The first-order valence-electron chi connectivity index (χ1n) is 9.91. The van der Waals surface area contributed by atoms with Gasteiger partial charge in [-0.25, -0.2) is 4.39 Å². The predicted octanol–water partition coefficient (Wildman–Crippen LogP) is 5.05. The number of rotatable bonds is 4. The molecule has 1 atom stereocenters. The van der Waals surface area contributed by atoms with Gasteiger partial charge in [-0.2, -0.15) is 0 Å². The Hall–Kier alpha value is -4.21. The molecule has 2 heterocycles. The molecule has 0 bridgehead atoms. The highest BCUT2D eigenvalue weighted by Crippen LogP contribution is 2.42. The number of ketones is 1. The van der Waals surface area contributed by atoms with Crippen molar-refractivity contribution in [1.82, 2.24) is 4.98 Å². The number of amides is 1. The van der Waals surface area contributed by atoms with Gasteiger partial charge >= 0.3 is 6.36 Å². The van der Waals surface area contributed by atoms with Crippen molar-refractivity contribution in [1.29, 1.82) is 0 Å². The van der Waals surface area contributed by atoms with Crippen LogP contribution in [0.1, 0.15) is 22.9 Å². The van der Waals surface area contributed by atoms with Gasteiger partial charge in [-0.05, 0) is 67.1 Å². The Morgan fingerprint density at radius 2 is 1.76 bits per heavy atom. The largest absolute Gasteiger partial charge is 0.573 e. The summed E-state index contributed by atoms with van der Waals surface area (Å²) in [5.41, 5.74) is 0.365. The SMILES string of the molecule is Cc1cc(/C(O)=C2/C(=O)C(=O)N(c3ccc(OC(F)(F)F)cc3)C2c2ccccn2)ccc1F. The molecule has 0 radical (unpaired) electrons. The van der Waals surface area contributed by atoms with Crippen LogP contribution in [0.3, 0.4) is 0 Å². The zero-order valence-corrected chi connectivity index (χ0v) is 17.5. The van der Waals surface area contributed by atoms with Crippen LogP contribution in [0.15, 0.2) is 72.4 Å². The fraction of sp³-hybridized carbons (Fsp3) is 0.125. The molecule has 1 aliphatic rings. The molecule has 1 fully saturated rings. The van der Waals surface area contributed by atoms with Crippen LogP contribution in [0.2, 0.25) is 0 Å². The van der Waals surface area contributed by atoms with Gasteiger partial charge in [-0.1, -0.05) is 6.07 Å². The predicted molar refractivity (Wildman–Crippen MR) is 113 cm³/mol. The number of aromatic nitrogens is 1. The molecule has 1 unspecified atom stereocenters. The lowest BCUT2D eigenvalue weighted by Gasteiger charge is -2.24. The van der Waals surface area contributed by atoms with E-state index >= 15 is 0 Å². The van der Waals surface area contributed by atoms with Gasteiger partial charge in [0.2, 0.25) is 0 Å². The van der Waals surface area contributed by atoms with Crippen molar-refractivity contribution in [2.45, 2.75) is 19.3 Å². The van der Waals surface area contributed by atoms with Gasteiger partial charge in [0.15, 0.2) is 0 Å². The average molecular weight is 472 g/mol. The Morgan fingerprint density at radius 1 is 1.06 bits per heavy atom. The van der Waals surface area contributed by atoms with E-state index in [9.17, 15) is 32.3 Å². The van der Waals surface area contributed by atoms with Crippen molar-refractivity contribution in [2.24, 2.45) is 0 Å². The number of anilines is 1. The van der Waals surface area contributed by atoms with E-state index in [4.69, 9.17) is 0 Å². The maximum absolute atomic E-state index is 13.7. The molecule has 10 heteroatoms.